The molecular formula is C32H45N3O6. The van der Waals surface area contributed by atoms with Crippen molar-refractivity contribution in [1.29, 1.82) is 0 Å². The van der Waals surface area contributed by atoms with Crippen molar-refractivity contribution in [2.24, 2.45) is 11.8 Å². The van der Waals surface area contributed by atoms with Gasteiger partial charge in [0.1, 0.15) is 17.9 Å². The number of benzene rings is 2. The second-order valence-corrected chi connectivity index (χ2v) is 11.0. The van der Waals surface area contributed by atoms with E-state index in [4.69, 9.17) is 4.74 Å². The molecule has 41 heavy (non-hydrogen) atoms. The molecule has 0 aliphatic rings. The Bertz CT molecular complexity index is 1150. The molecule has 0 saturated heterocycles. The van der Waals surface area contributed by atoms with Crippen molar-refractivity contribution in [3.63, 3.8) is 0 Å². The number of aliphatic hydroxyl groups is 1. The lowest BCUT2D eigenvalue weighted by Gasteiger charge is -2.33. The minimum atomic E-state index is -1.69. The lowest BCUT2D eigenvalue weighted by Crippen LogP contribution is -2.60. The Hall–Kier alpha value is -3.69. The zero-order chi connectivity index (χ0) is 30.7. The van der Waals surface area contributed by atoms with Gasteiger partial charge in [0.15, 0.2) is 6.04 Å². The van der Waals surface area contributed by atoms with Crippen LogP contribution in [0.2, 0.25) is 0 Å². The third-order valence-corrected chi connectivity index (χ3v) is 7.26. The molecule has 0 radical (unpaired) electrons. The molecule has 0 aliphatic carbocycles. The van der Waals surface area contributed by atoms with Crippen LogP contribution in [-0.2, 0) is 25.5 Å². The van der Waals surface area contributed by atoms with E-state index in [1.54, 1.807) is 25.3 Å². The van der Waals surface area contributed by atoms with Gasteiger partial charge in [-0.2, -0.15) is 0 Å². The summed E-state index contributed by atoms with van der Waals surface area (Å²) in [5.41, 5.74) is -0.267. The summed E-state index contributed by atoms with van der Waals surface area (Å²) in [6.45, 7) is 12.4. The van der Waals surface area contributed by atoms with Gasteiger partial charge in [-0.15, -0.1) is 6.58 Å². The number of carbonyl (C=O) groups is 3. The molecule has 6 atom stereocenters. The molecule has 9 nitrogen and oxygen atoms in total. The Balaban J connectivity index is 2.36. The Kier molecular flexibility index (Phi) is 12.5. The molecule has 2 amide bonds. The van der Waals surface area contributed by atoms with Crippen molar-refractivity contribution in [2.75, 3.05) is 7.05 Å². The number of amides is 2. The molecule has 0 unspecified atom stereocenters. The first-order valence-corrected chi connectivity index (χ1v) is 14.0. The van der Waals surface area contributed by atoms with Gasteiger partial charge in [0.25, 0.3) is 0 Å². The number of rotatable bonds is 15. The first-order valence-electron chi connectivity index (χ1n) is 14.0. The molecule has 0 spiro atoms. The maximum absolute atomic E-state index is 13.7. The normalized spacial score (nSPS) is 15.9. The van der Waals surface area contributed by atoms with Crippen LogP contribution >= 0.6 is 0 Å². The van der Waals surface area contributed by atoms with Crippen LogP contribution in [0.15, 0.2) is 67.3 Å². The summed E-state index contributed by atoms with van der Waals surface area (Å²) < 4.78 is 5.86. The molecule has 0 bridgehead atoms. The van der Waals surface area contributed by atoms with Crippen LogP contribution in [-0.4, -0.2) is 58.8 Å². The highest BCUT2D eigenvalue weighted by Gasteiger charge is 2.40. The van der Waals surface area contributed by atoms with Crippen LogP contribution in [0.1, 0.15) is 58.3 Å². The number of aromatic hydroxyl groups is 1. The molecule has 0 heterocycles. The van der Waals surface area contributed by atoms with Crippen LogP contribution in [0.25, 0.3) is 0 Å². The molecule has 2 aromatic rings. The third-order valence-electron chi connectivity index (χ3n) is 7.26. The summed E-state index contributed by atoms with van der Waals surface area (Å²) >= 11 is 0. The van der Waals surface area contributed by atoms with Gasteiger partial charge >= 0.3 is 5.97 Å². The number of hydrogen-bond donors (Lipinski definition) is 5. The molecule has 224 valence electrons. The molecule has 2 aromatic carbocycles. The van der Waals surface area contributed by atoms with Gasteiger partial charge < -0.3 is 30.9 Å². The molecule has 0 aliphatic heterocycles. The van der Waals surface area contributed by atoms with Crippen LogP contribution in [0.3, 0.4) is 0 Å². The minimum absolute atomic E-state index is 0.00162. The van der Waals surface area contributed by atoms with E-state index in [2.05, 4.69) is 22.5 Å². The van der Waals surface area contributed by atoms with E-state index in [0.717, 1.165) is 12.0 Å². The quantitative estimate of drug-likeness (QED) is 0.164. The summed E-state index contributed by atoms with van der Waals surface area (Å²) in [7, 11) is 1.68. The van der Waals surface area contributed by atoms with E-state index >= 15 is 0 Å². The fraction of sp³-hybridized carbons (Fsp3) is 0.469. The van der Waals surface area contributed by atoms with Crippen molar-refractivity contribution in [3.05, 3.63) is 78.4 Å². The summed E-state index contributed by atoms with van der Waals surface area (Å²) in [4.78, 5) is 40.4. The molecule has 2 rings (SSSR count). The first-order chi connectivity index (χ1) is 19.3. The molecule has 5 N–H and O–H groups in total. The second-order valence-electron chi connectivity index (χ2n) is 11.0. The van der Waals surface area contributed by atoms with Gasteiger partial charge in [0, 0.05) is 12.3 Å². The zero-order valence-corrected chi connectivity index (χ0v) is 24.9. The van der Waals surface area contributed by atoms with Crippen LogP contribution in [0.5, 0.6) is 5.75 Å². The molecule has 0 saturated carbocycles. The Morgan fingerprint density at radius 1 is 1.00 bits per heavy atom. The van der Waals surface area contributed by atoms with Gasteiger partial charge in [-0.05, 0) is 50.1 Å². The van der Waals surface area contributed by atoms with Crippen molar-refractivity contribution in [1.82, 2.24) is 16.0 Å². The third kappa shape index (κ3) is 9.72. The van der Waals surface area contributed by atoms with Crippen LogP contribution < -0.4 is 16.0 Å². The number of phenolic OH excluding ortho intramolecular Hbond substituents is 1. The number of ether oxygens (including phenoxy) is 1. The monoisotopic (exact) mass is 567 g/mol. The SMILES string of the molecule is C=C[C@@H](C)[C@H](OC(=O)[C@@H](NC(=O)[C@@H](Cc1ccc(O)cc1)NC(=O)[C@@H](NC)[C@@H](C)CC)C(C)(C)O)c1ccccc1. The Morgan fingerprint density at radius 2 is 1.61 bits per heavy atom. The lowest BCUT2D eigenvalue weighted by molar-refractivity contribution is -0.162. The van der Waals surface area contributed by atoms with E-state index < -0.39 is 41.7 Å². The summed E-state index contributed by atoms with van der Waals surface area (Å²) in [5.74, 6) is -2.04. The average Bonchev–Trinajstić information content (AvgIpc) is 2.94. The van der Waals surface area contributed by atoms with E-state index in [0.29, 0.717) is 5.56 Å². The first kappa shape index (κ1) is 33.5. The van der Waals surface area contributed by atoms with Crippen LogP contribution in [0.4, 0.5) is 0 Å². The Labute approximate surface area is 243 Å². The fourth-order valence-electron chi connectivity index (χ4n) is 4.45. The van der Waals surface area contributed by atoms with Crippen molar-refractivity contribution in [2.45, 2.75) is 77.3 Å². The number of likely N-dealkylation sites (N-methyl/N-ethyl adjacent to an activating group) is 1. The van der Waals surface area contributed by atoms with Gasteiger partial charge in [0.2, 0.25) is 11.8 Å². The van der Waals surface area contributed by atoms with Gasteiger partial charge in [-0.25, -0.2) is 4.79 Å². The Morgan fingerprint density at radius 3 is 2.12 bits per heavy atom. The fourth-order valence-corrected chi connectivity index (χ4v) is 4.45. The summed E-state index contributed by atoms with van der Waals surface area (Å²) in [6, 6.07) is 12.4. The highest BCUT2D eigenvalue weighted by molar-refractivity contribution is 5.92. The number of phenols is 1. The zero-order valence-electron chi connectivity index (χ0n) is 24.9. The van der Waals surface area contributed by atoms with Crippen molar-refractivity contribution in [3.8, 4) is 5.75 Å². The minimum Gasteiger partial charge on any atom is -0.508 e. The topological polar surface area (TPSA) is 137 Å². The number of esters is 1. The largest absolute Gasteiger partial charge is 0.508 e. The number of nitrogens with one attached hydrogen (secondary N) is 3. The van der Waals surface area contributed by atoms with Gasteiger partial charge in [-0.1, -0.05) is 75.7 Å². The molecule has 0 aromatic heterocycles. The predicted octanol–water partition coefficient (Wildman–Crippen LogP) is 3.42. The molecule has 9 heteroatoms. The van der Waals surface area contributed by atoms with Gasteiger partial charge in [0.05, 0.1) is 11.6 Å². The van der Waals surface area contributed by atoms with E-state index in [1.165, 1.54) is 26.0 Å². The number of hydrogen-bond acceptors (Lipinski definition) is 7. The van der Waals surface area contributed by atoms with Crippen molar-refractivity contribution >= 4 is 17.8 Å². The molecule has 0 fully saturated rings. The average molecular weight is 568 g/mol. The highest BCUT2D eigenvalue weighted by Crippen LogP contribution is 2.28. The standard InChI is InChI=1S/C32H45N3O6/c1-8-20(3)26(33-7)30(38)34-25(19-22-15-17-24(36)18-16-22)29(37)35-28(32(5,6)40)31(39)41-27(21(4)9-2)23-13-11-10-12-14-23/h9-18,20-21,25-28,33,36,40H,2,8,19H2,1,3-7H3,(H,34,38)(H,35,37)/t20-,21+,25+,26-,27-,28+/m0/s1. The van der Waals surface area contributed by atoms with Gasteiger partial charge in [-0.3, -0.25) is 9.59 Å². The second kappa shape index (κ2) is 15.3. The maximum Gasteiger partial charge on any atom is 0.332 e. The molecular weight excluding hydrogens is 522 g/mol. The van der Waals surface area contributed by atoms with E-state index in [1.807, 2.05) is 51.1 Å². The number of carbonyl (C=O) groups excluding carboxylic acids is 3. The smallest absolute Gasteiger partial charge is 0.332 e. The predicted molar refractivity (Wildman–Crippen MR) is 159 cm³/mol. The van der Waals surface area contributed by atoms with Crippen LogP contribution in [0, 0.1) is 11.8 Å². The lowest BCUT2D eigenvalue weighted by atomic mass is 9.95. The highest BCUT2D eigenvalue weighted by atomic mass is 16.5. The maximum atomic E-state index is 13.7. The summed E-state index contributed by atoms with van der Waals surface area (Å²) in [6.07, 6.45) is 1.80. The van der Waals surface area contributed by atoms with E-state index in [9.17, 15) is 24.6 Å². The van der Waals surface area contributed by atoms with E-state index in [-0.39, 0.29) is 29.9 Å². The van der Waals surface area contributed by atoms with Crippen molar-refractivity contribution < 1.29 is 29.3 Å². The summed E-state index contributed by atoms with van der Waals surface area (Å²) in [5, 5.41) is 29.1.